The van der Waals surface area contributed by atoms with Gasteiger partial charge >= 0.3 is 0 Å². The first kappa shape index (κ1) is 16.4. The van der Waals surface area contributed by atoms with E-state index in [4.69, 9.17) is 19.4 Å². The van der Waals surface area contributed by atoms with Crippen LogP contribution in [0.3, 0.4) is 0 Å². The fourth-order valence-corrected chi connectivity index (χ4v) is 4.47. The van der Waals surface area contributed by atoms with Crippen molar-refractivity contribution < 1.29 is 14.3 Å². The third-order valence-electron chi connectivity index (χ3n) is 6.22. The van der Waals surface area contributed by atoms with E-state index in [1.165, 1.54) is 0 Å². The first-order valence-electron chi connectivity index (χ1n) is 9.73. The van der Waals surface area contributed by atoms with Crippen LogP contribution in [-0.4, -0.2) is 66.8 Å². The lowest BCUT2D eigenvalue weighted by atomic mass is 9.80. The molecule has 0 radical (unpaired) electrons. The highest BCUT2D eigenvalue weighted by Crippen LogP contribution is 2.42. The number of aromatic nitrogens is 2. The van der Waals surface area contributed by atoms with Gasteiger partial charge in [0, 0.05) is 43.4 Å². The topological polar surface area (TPSA) is 67.8 Å². The second kappa shape index (κ2) is 6.16. The van der Waals surface area contributed by atoms with E-state index in [2.05, 4.69) is 11.8 Å². The number of aryl methyl sites for hydroxylation is 1. The molecular weight excluding hydrogens is 332 g/mol. The van der Waals surface area contributed by atoms with Gasteiger partial charge in [-0.15, -0.1) is 0 Å². The van der Waals surface area contributed by atoms with Crippen molar-refractivity contribution in [3.05, 3.63) is 17.0 Å². The maximum absolute atomic E-state index is 12.6. The number of nitrogens with zero attached hydrogens (tertiary/aromatic N) is 4. The predicted octanol–water partition coefficient (Wildman–Crippen LogP) is 1.03. The van der Waals surface area contributed by atoms with E-state index in [0.717, 1.165) is 81.6 Å². The van der Waals surface area contributed by atoms with Crippen molar-refractivity contribution in [2.45, 2.75) is 38.2 Å². The van der Waals surface area contributed by atoms with Gasteiger partial charge in [-0.25, -0.2) is 9.97 Å². The average molecular weight is 358 g/mol. The van der Waals surface area contributed by atoms with Crippen molar-refractivity contribution in [3.63, 3.8) is 0 Å². The fraction of sp³-hybridized carbons (Fsp3) is 0.737. The summed E-state index contributed by atoms with van der Waals surface area (Å²) in [7, 11) is 0. The zero-order chi connectivity index (χ0) is 17.7. The monoisotopic (exact) mass is 358 g/mol. The Morgan fingerprint density at radius 2 is 1.96 bits per heavy atom. The summed E-state index contributed by atoms with van der Waals surface area (Å²) in [5.41, 5.74) is 3.06. The first-order valence-corrected chi connectivity index (χ1v) is 9.73. The molecule has 1 amide bonds. The smallest absolute Gasteiger partial charge is 0.225 e. The number of rotatable bonds is 2. The molecule has 1 spiro atoms. The number of morpholine rings is 1. The molecule has 26 heavy (non-hydrogen) atoms. The summed E-state index contributed by atoms with van der Waals surface area (Å²) < 4.78 is 11.4. The van der Waals surface area contributed by atoms with E-state index in [1.54, 1.807) is 0 Å². The van der Waals surface area contributed by atoms with Gasteiger partial charge in [-0.2, -0.15) is 0 Å². The average Bonchev–Trinajstić information content (AvgIpc) is 3.44. The highest BCUT2D eigenvalue weighted by molar-refractivity contribution is 5.81. The van der Waals surface area contributed by atoms with Crippen LogP contribution in [0.25, 0.3) is 0 Å². The molecule has 7 nitrogen and oxygen atoms in total. The number of hydrogen-bond donors (Lipinski definition) is 0. The Labute approximate surface area is 153 Å². The lowest BCUT2D eigenvalue weighted by Crippen LogP contribution is -2.43. The molecule has 1 unspecified atom stereocenters. The van der Waals surface area contributed by atoms with Crippen LogP contribution in [0.15, 0.2) is 0 Å². The fourth-order valence-electron chi connectivity index (χ4n) is 4.47. The van der Waals surface area contributed by atoms with E-state index in [1.807, 2.05) is 4.90 Å². The number of likely N-dealkylation sites (tertiary alicyclic amines) is 1. The summed E-state index contributed by atoms with van der Waals surface area (Å²) in [6.45, 7) is 7.91. The molecule has 0 N–H and O–H groups in total. The predicted molar refractivity (Wildman–Crippen MR) is 95.1 cm³/mol. The van der Waals surface area contributed by atoms with Gasteiger partial charge in [0.1, 0.15) is 0 Å². The number of ether oxygens (including phenoxy) is 2. The van der Waals surface area contributed by atoms with Crippen LogP contribution in [-0.2, 0) is 26.3 Å². The summed E-state index contributed by atoms with van der Waals surface area (Å²) in [5.74, 6) is 1.40. The summed E-state index contributed by atoms with van der Waals surface area (Å²) in [5, 5.41) is 0. The van der Waals surface area contributed by atoms with Crippen LogP contribution < -0.4 is 4.90 Å². The Hall–Kier alpha value is -1.73. The van der Waals surface area contributed by atoms with Gasteiger partial charge in [-0.1, -0.05) is 0 Å². The number of fused-ring (bicyclic) bond motifs is 2. The Morgan fingerprint density at radius 3 is 2.73 bits per heavy atom. The van der Waals surface area contributed by atoms with E-state index >= 15 is 0 Å². The number of anilines is 1. The summed E-state index contributed by atoms with van der Waals surface area (Å²) in [6, 6.07) is 0. The Morgan fingerprint density at radius 1 is 1.15 bits per heavy atom. The summed E-state index contributed by atoms with van der Waals surface area (Å²) >= 11 is 0. The quantitative estimate of drug-likeness (QED) is 0.787. The molecule has 0 bridgehead atoms. The van der Waals surface area contributed by atoms with E-state index < -0.39 is 0 Å². The van der Waals surface area contributed by atoms with E-state index in [9.17, 15) is 4.79 Å². The van der Waals surface area contributed by atoms with Crippen LogP contribution in [0, 0.1) is 12.8 Å². The molecule has 1 aromatic heterocycles. The van der Waals surface area contributed by atoms with Gasteiger partial charge in [-0.3, -0.25) is 4.79 Å². The minimum Gasteiger partial charge on any atom is -0.378 e. The molecular formula is C19H26N4O3. The molecule has 0 aromatic carbocycles. The Balaban J connectivity index is 1.49. The molecule has 5 rings (SSSR count). The molecule has 3 aliphatic heterocycles. The van der Waals surface area contributed by atoms with Crippen molar-refractivity contribution in [2.24, 2.45) is 5.92 Å². The Kier molecular flexibility index (Phi) is 3.90. The molecule has 1 atom stereocenters. The molecule has 4 heterocycles. The van der Waals surface area contributed by atoms with E-state index in [-0.39, 0.29) is 11.3 Å². The Bertz CT molecular complexity index is 730. The minimum absolute atomic E-state index is 0.174. The van der Waals surface area contributed by atoms with Crippen LogP contribution in [0.4, 0.5) is 5.95 Å². The maximum Gasteiger partial charge on any atom is 0.225 e. The number of carbonyl (C=O) groups excluding carboxylic acids is 1. The third kappa shape index (κ3) is 2.68. The van der Waals surface area contributed by atoms with Crippen LogP contribution in [0.1, 0.15) is 36.2 Å². The number of hydrogen-bond acceptors (Lipinski definition) is 6. The molecule has 2 saturated heterocycles. The SMILES string of the molecule is Cc1nc(N2CCOCC2)nc2c1COCC21CCN(C(=O)C2CC2)C1. The third-order valence-corrected chi connectivity index (χ3v) is 6.22. The van der Waals surface area contributed by atoms with E-state index in [0.29, 0.717) is 19.1 Å². The van der Waals surface area contributed by atoms with Crippen molar-refractivity contribution >= 4 is 11.9 Å². The van der Waals surface area contributed by atoms with Gasteiger partial charge in [0.15, 0.2) is 0 Å². The lowest BCUT2D eigenvalue weighted by Gasteiger charge is -2.36. The summed E-state index contributed by atoms with van der Waals surface area (Å²) in [6.07, 6.45) is 3.03. The lowest BCUT2D eigenvalue weighted by molar-refractivity contribution is -0.131. The molecule has 7 heteroatoms. The van der Waals surface area contributed by atoms with Crippen LogP contribution in [0.2, 0.25) is 0 Å². The first-order chi connectivity index (χ1) is 12.7. The largest absolute Gasteiger partial charge is 0.378 e. The van der Waals surface area contributed by atoms with Crippen molar-refractivity contribution in [3.8, 4) is 0 Å². The van der Waals surface area contributed by atoms with Gasteiger partial charge < -0.3 is 19.3 Å². The second-order valence-electron chi connectivity index (χ2n) is 8.09. The highest BCUT2D eigenvalue weighted by Gasteiger charge is 2.48. The van der Waals surface area contributed by atoms with Gasteiger partial charge in [0.2, 0.25) is 11.9 Å². The molecule has 3 fully saturated rings. The minimum atomic E-state index is -0.174. The maximum atomic E-state index is 12.6. The standard InChI is InChI=1S/C19H26N4O3/c1-13-15-10-26-12-19(4-5-23(11-19)17(24)14-2-3-14)16(15)21-18(20-13)22-6-8-25-9-7-22/h14H,2-12H2,1H3. The zero-order valence-corrected chi connectivity index (χ0v) is 15.4. The van der Waals surface area contributed by atoms with Crippen molar-refractivity contribution in [1.29, 1.82) is 0 Å². The molecule has 1 saturated carbocycles. The summed E-state index contributed by atoms with van der Waals surface area (Å²) in [4.78, 5) is 26.6. The second-order valence-corrected chi connectivity index (χ2v) is 8.09. The van der Waals surface area contributed by atoms with Crippen molar-refractivity contribution in [2.75, 3.05) is 50.9 Å². The number of amides is 1. The van der Waals surface area contributed by atoms with Gasteiger partial charge in [0.25, 0.3) is 0 Å². The molecule has 4 aliphatic rings. The zero-order valence-electron chi connectivity index (χ0n) is 15.4. The molecule has 1 aromatic rings. The van der Waals surface area contributed by atoms with Gasteiger partial charge in [0.05, 0.1) is 37.5 Å². The molecule has 1 aliphatic carbocycles. The van der Waals surface area contributed by atoms with Crippen LogP contribution >= 0.6 is 0 Å². The normalized spacial score (nSPS) is 28.5. The van der Waals surface area contributed by atoms with Crippen LogP contribution in [0.5, 0.6) is 0 Å². The molecule has 140 valence electrons. The number of carbonyl (C=O) groups is 1. The highest BCUT2D eigenvalue weighted by atomic mass is 16.5. The van der Waals surface area contributed by atoms with Gasteiger partial charge in [-0.05, 0) is 26.2 Å². The van der Waals surface area contributed by atoms with Crippen molar-refractivity contribution in [1.82, 2.24) is 14.9 Å².